The first-order valence-electron chi connectivity index (χ1n) is 5.42. The highest BCUT2D eigenvalue weighted by molar-refractivity contribution is 5.68. The number of furan rings is 1. The second-order valence-corrected chi connectivity index (χ2v) is 3.82. The molecule has 4 heteroatoms. The molecule has 0 radical (unpaired) electrons. The fraction of sp³-hybridized carbons (Fsp3) is 0.231. The summed E-state index contributed by atoms with van der Waals surface area (Å²) in [6.45, 7) is 2.52. The molecule has 0 saturated carbocycles. The molecule has 3 N–H and O–H groups in total. The van der Waals surface area contributed by atoms with E-state index in [1.165, 1.54) is 0 Å². The molecule has 0 aliphatic carbocycles. The van der Waals surface area contributed by atoms with Gasteiger partial charge in [-0.1, -0.05) is 0 Å². The molecule has 0 aliphatic heterocycles. The van der Waals surface area contributed by atoms with Crippen molar-refractivity contribution >= 4 is 11.4 Å². The van der Waals surface area contributed by atoms with Crippen molar-refractivity contribution in [3.8, 4) is 5.75 Å². The standard InChI is InChI=1S/C13H16N2O2/c1-9-3-4-11(17-9)8-15-13-7-10(16-2)5-6-12(13)14/h3-7,15H,8,14H2,1-2H3. The van der Waals surface area contributed by atoms with Gasteiger partial charge in [0.25, 0.3) is 0 Å². The van der Waals surface area contributed by atoms with Crippen molar-refractivity contribution in [3.63, 3.8) is 0 Å². The van der Waals surface area contributed by atoms with E-state index in [9.17, 15) is 0 Å². The van der Waals surface area contributed by atoms with E-state index in [2.05, 4.69) is 5.32 Å². The molecule has 2 aromatic rings. The molecule has 0 bridgehead atoms. The molecular formula is C13H16N2O2. The van der Waals surface area contributed by atoms with Gasteiger partial charge in [-0.3, -0.25) is 0 Å². The second kappa shape index (κ2) is 4.82. The van der Waals surface area contributed by atoms with E-state index in [0.29, 0.717) is 12.2 Å². The van der Waals surface area contributed by atoms with Gasteiger partial charge in [0.15, 0.2) is 0 Å². The topological polar surface area (TPSA) is 60.4 Å². The van der Waals surface area contributed by atoms with Crippen LogP contribution in [0.3, 0.4) is 0 Å². The summed E-state index contributed by atoms with van der Waals surface area (Å²) in [6, 6.07) is 9.39. The highest BCUT2D eigenvalue weighted by Gasteiger charge is 2.03. The van der Waals surface area contributed by atoms with Crippen molar-refractivity contribution in [1.29, 1.82) is 0 Å². The van der Waals surface area contributed by atoms with Crippen molar-refractivity contribution < 1.29 is 9.15 Å². The molecule has 2 rings (SSSR count). The summed E-state index contributed by atoms with van der Waals surface area (Å²) in [5.74, 6) is 2.56. The van der Waals surface area contributed by atoms with Gasteiger partial charge in [0.2, 0.25) is 0 Å². The number of hydrogen-bond acceptors (Lipinski definition) is 4. The Morgan fingerprint density at radius 1 is 1.29 bits per heavy atom. The van der Waals surface area contributed by atoms with Crippen molar-refractivity contribution in [2.24, 2.45) is 0 Å². The predicted octanol–water partition coefficient (Wildman–Crippen LogP) is 2.79. The molecular weight excluding hydrogens is 216 g/mol. The summed E-state index contributed by atoms with van der Waals surface area (Å²) >= 11 is 0. The quantitative estimate of drug-likeness (QED) is 0.796. The molecule has 0 saturated heterocycles. The second-order valence-electron chi connectivity index (χ2n) is 3.82. The van der Waals surface area contributed by atoms with Crippen LogP contribution in [0, 0.1) is 6.92 Å². The predicted molar refractivity (Wildman–Crippen MR) is 68.2 cm³/mol. The summed E-state index contributed by atoms with van der Waals surface area (Å²) in [5.41, 5.74) is 7.40. The van der Waals surface area contributed by atoms with Crippen molar-refractivity contribution in [2.45, 2.75) is 13.5 Å². The van der Waals surface area contributed by atoms with Crippen LogP contribution in [0.2, 0.25) is 0 Å². The molecule has 0 amide bonds. The Labute approximate surface area is 100 Å². The van der Waals surface area contributed by atoms with E-state index >= 15 is 0 Å². The van der Waals surface area contributed by atoms with Crippen LogP contribution < -0.4 is 15.8 Å². The van der Waals surface area contributed by atoms with Crippen LogP contribution in [0.4, 0.5) is 11.4 Å². The Bertz CT molecular complexity index is 506. The zero-order chi connectivity index (χ0) is 12.3. The number of nitrogens with one attached hydrogen (secondary N) is 1. The molecule has 1 aromatic heterocycles. The van der Waals surface area contributed by atoms with E-state index in [0.717, 1.165) is 23.0 Å². The van der Waals surface area contributed by atoms with Gasteiger partial charge >= 0.3 is 0 Å². The Morgan fingerprint density at radius 2 is 2.12 bits per heavy atom. The zero-order valence-corrected chi connectivity index (χ0v) is 9.99. The van der Waals surface area contributed by atoms with Gasteiger partial charge in [0.05, 0.1) is 25.0 Å². The first-order chi connectivity index (χ1) is 8.19. The Morgan fingerprint density at radius 3 is 2.76 bits per heavy atom. The minimum Gasteiger partial charge on any atom is -0.497 e. The fourth-order valence-corrected chi connectivity index (χ4v) is 1.58. The highest BCUT2D eigenvalue weighted by atomic mass is 16.5. The maximum atomic E-state index is 5.86. The average molecular weight is 232 g/mol. The van der Waals surface area contributed by atoms with Gasteiger partial charge in [0.1, 0.15) is 17.3 Å². The average Bonchev–Trinajstić information content (AvgIpc) is 2.74. The Hall–Kier alpha value is -2.10. The summed E-state index contributed by atoms with van der Waals surface area (Å²) in [4.78, 5) is 0. The Kier molecular flexibility index (Phi) is 3.23. The fourth-order valence-electron chi connectivity index (χ4n) is 1.58. The molecule has 0 fully saturated rings. The number of methoxy groups -OCH3 is 1. The SMILES string of the molecule is COc1ccc(N)c(NCc2ccc(C)o2)c1. The van der Waals surface area contributed by atoms with Crippen LogP contribution in [0.25, 0.3) is 0 Å². The van der Waals surface area contributed by atoms with Gasteiger partial charge < -0.3 is 20.2 Å². The number of benzene rings is 1. The molecule has 0 unspecified atom stereocenters. The third-order valence-electron chi connectivity index (χ3n) is 2.51. The lowest BCUT2D eigenvalue weighted by atomic mass is 10.2. The maximum Gasteiger partial charge on any atom is 0.123 e. The number of nitrogen functional groups attached to an aromatic ring is 1. The lowest BCUT2D eigenvalue weighted by Crippen LogP contribution is -2.02. The molecule has 1 aromatic carbocycles. The monoisotopic (exact) mass is 232 g/mol. The number of anilines is 2. The maximum absolute atomic E-state index is 5.86. The largest absolute Gasteiger partial charge is 0.497 e. The number of aryl methyl sites for hydroxylation is 1. The van der Waals surface area contributed by atoms with Gasteiger partial charge in [-0.25, -0.2) is 0 Å². The lowest BCUT2D eigenvalue weighted by molar-refractivity contribution is 0.415. The minimum absolute atomic E-state index is 0.602. The van der Waals surface area contributed by atoms with E-state index in [4.69, 9.17) is 14.9 Å². The molecule has 0 aliphatic rings. The highest BCUT2D eigenvalue weighted by Crippen LogP contribution is 2.24. The number of ether oxygens (including phenoxy) is 1. The number of nitrogens with two attached hydrogens (primary N) is 1. The third kappa shape index (κ3) is 2.72. The lowest BCUT2D eigenvalue weighted by Gasteiger charge is -2.09. The van der Waals surface area contributed by atoms with E-state index in [1.54, 1.807) is 7.11 Å². The minimum atomic E-state index is 0.602. The van der Waals surface area contributed by atoms with Crippen LogP contribution >= 0.6 is 0 Å². The van der Waals surface area contributed by atoms with Crippen molar-refractivity contribution in [3.05, 3.63) is 41.9 Å². The molecule has 17 heavy (non-hydrogen) atoms. The van der Waals surface area contributed by atoms with Crippen LogP contribution in [0.15, 0.2) is 34.7 Å². The first kappa shape index (κ1) is 11.4. The van der Waals surface area contributed by atoms with Crippen LogP contribution in [-0.4, -0.2) is 7.11 Å². The zero-order valence-electron chi connectivity index (χ0n) is 9.99. The third-order valence-corrected chi connectivity index (χ3v) is 2.51. The first-order valence-corrected chi connectivity index (χ1v) is 5.42. The van der Waals surface area contributed by atoms with Gasteiger partial charge in [-0.15, -0.1) is 0 Å². The van der Waals surface area contributed by atoms with Crippen LogP contribution in [0.1, 0.15) is 11.5 Å². The molecule has 0 atom stereocenters. The van der Waals surface area contributed by atoms with Gasteiger partial charge in [-0.2, -0.15) is 0 Å². The number of rotatable bonds is 4. The van der Waals surface area contributed by atoms with E-state index in [-0.39, 0.29) is 0 Å². The normalized spacial score (nSPS) is 10.2. The molecule has 4 nitrogen and oxygen atoms in total. The Balaban J connectivity index is 2.07. The van der Waals surface area contributed by atoms with Crippen molar-refractivity contribution in [1.82, 2.24) is 0 Å². The molecule has 0 spiro atoms. The smallest absolute Gasteiger partial charge is 0.123 e. The van der Waals surface area contributed by atoms with E-state index < -0.39 is 0 Å². The summed E-state index contributed by atoms with van der Waals surface area (Å²) in [6.07, 6.45) is 0. The summed E-state index contributed by atoms with van der Waals surface area (Å²) < 4.78 is 10.6. The van der Waals surface area contributed by atoms with E-state index in [1.807, 2.05) is 37.3 Å². The number of hydrogen-bond donors (Lipinski definition) is 2. The molecule has 1 heterocycles. The summed E-state index contributed by atoms with van der Waals surface area (Å²) in [5, 5.41) is 3.22. The molecule has 90 valence electrons. The van der Waals surface area contributed by atoms with Gasteiger partial charge in [-0.05, 0) is 31.2 Å². The summed E-state index contributed by atoms with van der Waals surface area (Å²) in [7, 11) is 1.63. The van der Waals surface area contributed by atoms with Gasteiger partial charge in [0, 0.05) is 6.07 Å². The van der Waals surface area contributed by atoms with Crippen LogP contribution in [0.5, 0.6) is 5.75 Å². The van der Waals surface area contributed by atoms with Crippen LogP contribution in [-0.2, 0) is 6.54 Å². The van der Waals surface area contributed by atoms with Crippen molar-refractivity contribution in [2.75, 3.05) is 18.2 Å².